The maximum atomic E-state index is 13.1. The minimum absolute atomic E-state index is 0.0523. The van der Waals surface area contributed by atoms with Crippen LogP contribution in [0.4, 0.5) is 5.69 Å². The van der Waals surface area contributed by atoms with Crippen molar-refractivity contribution in [1.82, 2.24) is 5.32 Å². The lowest BCUT2D eigenvalue weighted by Crippen LogP contribution is -2.42. The number of para-hydroxylation sites is 1. The first-order valence-corrected chi connectivity index (χ1v) is 9.67. The van der Waals surface area contributed by atoms with Crippen molar-refractivity contribution in [2.24, 2.45) is 0 Å². The standard InChI is InChI=1S/C22H18N2O3S/c25-21(23-14-17-9-6-12-27-17)15-24-18-10-4-5-11-19(18)28-20(22(24)26)13-16-7-2-1-3-8-16/h1-13H,14-15H2,(H,23,25)/b20-13-. The van der Waals surface area contributed by atoms with E-state index in [0.717, 1.165) is 16.1 Å². The summed E-state index contributed by atoms with van der Waals surface area (Å²) in [6, 6.07) is 20.9. The van der Waals surface area contributed by atoms with Crippen molar-refractivity contribution in [3.05, 3.63) is 89.2 Å². The second-order valence-corrected chi connectivity index (χ2v) is 7.32. The van der Waals surface area contributed by atoms with Crippen molar-refractivity contribution in [2.75, 3.05) is 11.4 Å². The number of carbonyl (C=O) groups is 2. The number of benzene rings is 2. The van der Waals surface area contributed by atoms with Crippen LogP contribution in [0, 0.1) is 0 Å². The molecular formula is C22H18N2O3S. The van der Waals surface area contributed by atoms with Gasteiger partial charge in [-0.05, 0) is 35.9 Å². The third-order valence-corrected chi connectivity index (χ3v) is 5.35. The lowest BCUT2D eigenvalue weighted by molar-refractivity contribution is -0.122. The van der Waals surface area contributed by atoms with Gasteiger partial charge in [0.05, 0.1) is 23.4 Å². The fraction of sp³-hybridized carbons (Fsp3) is 0.0909. The molecule has 28 heavy (non-hydrogen) atoms. The van der Waals surface area contributed by atoms with Crippen molar-refractivity contribution in [3.8, 4) is 0 Å². The molecule has 1 aliphatic heterocycles. The molecule has 1 N–H and O–H groups in total. The number of hydrogen-bond donors (Lipinski definition) is 1. The Labute approximate surface area is 167 Å². The molecule has 0 spiro atoms. The average Bonchev–Trinajstić information content (AvgIpc) is 3.24. The zero-order valence-corrected chi connectivity index (χ0v) is 15.8. The third-order valence-electron chi connectivity index (χ3n) is 4.27. The number of hydrogen-bond acceptors (Lipinski definition) is 4. The molecule has 4 rings (SSSR count). The van der Waals surface area contributed by atoms with Gasteiger partial charge < -0.3 is 9.73 Å². The van der Waals surface area contributed by atoms with Crippen molar-refractivity contribution in [1.29, 1.82) is 0 Å². The van der Waals surface area contributed by atoms with E-state index in [4.69, 9.17) is 4.42 Å². The van der Waals surface area contributed by atoms with Crippen molar-refractivity contribution in [2.45, 2.75) is 11.4 Å². The Morgan fingerprint density at radius 3 is 2.61 bits per heavy atom. The highest BCUT2D eigenvalue weighted by molar-refractivity contribution is 8.04. The number of rotatable bonds is 5. The third kappa shape index (κ3) is 4.02. The predicted molar refractivity (Wildman–Crippen MR) is 110 cm³/mol. The molecule has 6 heteroatoms. The van der Waals surface area contributed by atoms with Crippen LogP contribution in [0.25, 0.3) is 6.08 Å². The van der Waals surface area contributed by atoms with E-state index in [0.29, 0.717) is 10.7 Å². The molecule has 2 heterocycles. The minimum Gasteiger partial charge on any atom is -0.467 e. The molecule has 0 saturated carbocycles. The van der Waals surface area contributed by atoms with Gasteiger partial charge in [0, 0.05) is 4.90 Å². The first-order chi connectivity index (χ1) is 13.7. The number of amides is 2. The molecule has 0 radical (unpaired) electrons. The van der Waals surface area contributed by atoms with Gasteiger partial charge in [-0.25, -0.2) is 0 Å². The average molecular weight is 390 g/mol. The van der Waals surface area contributed by atoms with Crippen LogP contribution >= 0.6 is 11.8 Å². The van der Waals surface area contributed by atoms with Gasteiger partial charge >= 0.3 is 0 Å². The van der Waals surface area contributed by atoms with E-state index in [9.17, 15) is 9.59 Å². The van der Waals surface area contributed by atoms with Crippen LogP contribution in [-0.2, 0) is 16.1 Å². The zero-order valence-electron chi connectivity index (χ0n) is 15.0. The Kier molecular flexibility index (Phi) is 5.30. The lowest BCUT2D eigenvalue weighted by atomic mass is 10.2. The number of anilines is 1. The molecule has 1 aliphatic rings. The fourth-order valence-corrected chi connectivity index (χ4v) is 3.98. The summed E-state index contributed by atoms with van der Waals surface area (Å²) in [4.78, 5) is 28.6. The van der Waals surface area contributed by atoms with Gasteiger partial charge in [-0.1, -0.05) is 54.2 Å². The molecule has 0 atom stereocenters. The van der Waals surface area contributed by atoms with E-state index in [2.05, 4.69) is 5.32 Å². The summed E-state index contributed by atoms with van der Waals surface area (Å²) in [5.41, 5.74) is 1.69. The molecule has 1 aromatic heterocycles. The Hall–Kier alpha value is -3.25. The minimum atomic E-state index is -0.245. The van der Waals surface area contributed by atoms with E-state index in [-0.39, 0.29) is 24.9 Å². The van der Waals surface area contributed by atoms with Crippen LogP contribution in [0.1, 0.15) is 11.3 Å². The maximum Gasteiger partial charge on any atom is 0.265 e. The highest BCUT2D eigenvalue weighted by atomic mass is 32.2. The second kappa shape index (κ2) is 8.19. The summed E-state index contributed by atoms with van der Waals surface area (Å²) in [5.74, 6) is 0.241. The van der Waals surface area contributed by atoms with Crippen LogP contribution in [0.15, 0.2) is 87.2 Å². The first kappa shape index (κ1) is 18.1. The fourth-order valence-electron chi connectivity index (χ4n) is 2.92. The molecule has 3 aromatic rings. The Morgan fingerprint density at radius 1 is 1.04 bits per heavy atom. The van der Waals surface area contributed by atoms with E-state index < -0.39 is 0 Å². The monoisotopic (exact) mass is 390 g/mol. The number of carbonyl (C=O) groups excluding carboxylic acids is 2. The summed E-state index contributed by atoms with van der Waals surface area (Å²) in [6.07, 6.45) is 3.42. The van der Waals surface area contributed by atoms with Gasteiger partial charge in [-0.15, -0.1) is 0 Å². The molecule has 0 aliphatic carbocycles. The quantitative estimate of drug-likeness (QED) is 0.667. The van der Waals surface area contributed by atoms with Crippen LogP contribution in [0.3, 0.4) is 0 Å². The van der Waals surface area contributed by atoms with Crippen LogP contribution in [0.5, 0.6) is 0 Å². The number of nitrogens with one attached hydrogen (secondary N) is 1. The molecule has 2 aromatic carbocycles. The zero-order chi connectivity index (χ0) is 19.3. The van der Waals surface area contributed by atoms with Gasteiger partial charge in [0.15, 0.2) is 0 Å². The van der Waals surface area contributed by atoms with Gasteiger partial charge in [0.1, 0.15) is 12.3 Å². The molecule has 140 valence electrons. The summed E-state index contributed by atoms with van der Waals surface area (Å²) >= 11 is 1.43. The maximum absolute atomic E-state index is 13.1. The highest BCUT2D eigenvalue weighted by Gasteiger charge is 2.30. The van der Waals surface area contributed by atoms with Crippen LogP contribution in [-0.4, -0.2) is 18.4 Å². The lowest BCUT2D eigenvalue weighted by Gasteiger charge is -2.29. The molecule has 0 unspecified atom stereocenters. The summed E-state index contributed by atoms with van der Waals surface area (Å²) < 4.78 is 5.23. The van der Waals surface area contributed by atoms with E-state index in [1.807, 2.05) is 60.7 Å². The van der Waals surface area contributed by atoms with Crippen molar-refractivity contribution >= 4 is 35.3 Å². The normalized spacial score (nSPS) is 14.8. The number of thioether (sulfide) groups is 1. The van der Waals surface area contributed by atoms with Crippen LogP contribution < -0.4 is 10.2 Å². The Morgan fingerprint density at radius 2 is 1.82 bits per heavy atom. The Balaban J connectivity index is 1.56. The van der Waals surface area contributed by atoms with E-state index in [1.54, 1.807) is 18.4 Å². The topological polar surface area (TPSA) is 62.6 Å². The molecule has 0 bridgehead atoms. The SMILES string of the molecule is O=C(CN1C(=O)/C(=C/c2ccccc2)Sc2ccccc21)NCc1ccco1. The molecular weight excluding hydrogens is 372 g/mol. The highest BCUT2D eigenvalue weighted by Crippen LogP contribution is 2.41. The van der Waals surface area contributed by atoms with Gasteiger partial charge in [-0.2, -0.15) is 0 Å². The van der Waals surface area contributed by atoms with Crippen molar-refractivity contribution in [3.63, 3.8) is 0 Å². The number of fused-ring (bicyclic) bond motifs is 1. The van der Waals surface area contributed by atoms with Gasteiger partial charge in [0.2, 0.25) is 5.91 Å². The first-order valence-electron chi connectivity index (χ1n) is 8.85. The van der Waals surface area contributed by atoms with Crippen LogP contribution in [0.2, 0.25) is 0 Å². The summed E-state index contributed by atoms with van der Waals surface area (Å²) in [7, 11) is 0. The summed E-state index contributed by atoms with van der Waals surface area (Å²) in [6.45, 7) is 0.236. The smallest absolute Gasteiger partial charge is 0.265 e. The van der Waals surface area contributed by atoms with Crippen molar-refractivity contribution < 1.29 is 14.0 Å². The largest absolute Gasteiger partial charge is 0.467 e. The molecule has 0 saturated heterocycles. The molecule has 5 nitrogen and oxygen atoms in total. The predicted octanol–water partition coefficient (Wildman–Crippen LogP) is 4.08. The number of nitrogens with zero attached hydrogens (tertiary/aromatic N) is 1. The molecule has 2 amide bonds. The summed E-state index contributed by atoms with van der Waals surface area (Å²) in [5, 5.41) is 2.80. The Bertz CT molecular complexity index is 1010. The number of furan rings is 1. The molecule has 0 fully saturated rings. The van der Waals surface area contributed by atoms with E-state index >= 15 is 0 Å². The second-order valence-electron chi connectivity index (χ2n) is 6.24. The van der Waals surface area contributed by atoms with Gasteiger partial charge in [0.25, 0.3) is 5.91 Å². The van der Waals surface area contributed by atoms with E-state index in [1.165, 1.54) is 16.7 Å². The van der Waals surface area contributed by atoms with Gasteiger partial charge in [-0.3, -0.25) is 14.5 Å².